The second-order valence-electron chi connectivity index (χ2n) is 6.76. The summed E-state index contributed by atoms with van der Waals surface area (Å²) in [5, 5.41) is 9.43. The summed E-state index contributed by atoms with van der Waals surface area (Å²) in [6.45, 7) is 2.19. The van der Waals surface area contributed by atoms with Crippen molar-refractivity contribution in [1.82, 2.24) is 19.3 Å². The van der Waals surface area contributed by atoms with Crippen LogP contribution in [-0.2, 0) is 12.1 Å². The zero-order chi connectivity index (χ0) is 18.3. The minimum atomic E-state index is -0.556. The maximum Gasteiger partial charge on any atom is 0.316 e. The summed E-state index contributed by atoms with van der Waals surface area (Å²) >= 11 is 1.31. The van der Waals surface area contributed by atoms with Crippen LogP contribution in [0.1, 0.15) is 31.2 Å². The van der Waals surface area contributed by atoms with Crippen LogP contribution in [0.4, 0.5) is 4.39 Å². The molecule has 0 amide bonds. The van der Waals surface area contributed by atoms with Crippen LogP contribution < -0.4 is 11.1 Å². The van der Waals surface area contributed by atoms with Gasteiger partial charge in [0.15, 0.2) is 0 Å². The molecule has 1 aromatic carbocycles. The molecule has 0 unspecified atom stereocenters. The molecule has 0 N–H and O–H groups in total. The Morgan fingerprint density at radius 3 is 2.50 bits per heavy atom. The Labute approximate surface area is 152 Å². The van der Waals surface area contributed by atoms with E-state index >= 15 is 0 Å². The second-order valence-corrected chi connectivity index (χ2v) is 7.83. The fourth-order valence-electron chi connectivity index (χ4n) is 3.16. The van der Waals surface area contributed by atoms with E-state index in [1.54, 1.807) is 29.1 Å². The third-order valence-corrected chi connectivity index (χ3v) is 5.89. The highest BCUT2D eigenvalue weighted by atomic mass is 32.1. The molecule has 2 heterocycles. The van der Waals surface area contributed by atoms with E-state index in [-0.39, 0.29) is 17.9 Å². The third kappa shape index (κ3) is 2.90. The molecule has 3 aromatic rings. The molecule has 2 aromatic heterocycles. The van der Waals surface area contributed by atoms with Gasteiger partial charge >= 0.3 is 11.1 Å². The summed E-state index contributed by atoms with van der Waals surface area (Å²) in [6, 6.07) is 5.99. The van der Waals surface area contributed by atoms with Crippen LogP contribution in [-0.4, -0.2) is 19.3 Å². The smallest absolute Gasteiger partial charge is 0.304 e. The first-order valence-electron chi connectivity index (χ1n) is 8.37. The molecule has 0 atom stereocenters. The second kappa shape index (κ2) is 6.28. The molecule has 26 heavy (non-hydrogen) atoms. The van der Waals surface area contributed by atoms with E-state index in [9.17, 15) is 14.0 Å². The monoisotopic (exact) mass is 372 g/mol. The molecule has 1 saturated carbocycles. The molecule has 0 spiro atoms. The summed E-state index contributed by atoms with van der Waals surface area (Å²) in [6.07, 6.45) is 6.21. The van der Waals surface area contributed by atoms with Crippen molar-refractivity contribution in [3.8, 4) is 10.6 Å². The predicted molar refractivity (Wildman–Crippen MR) is 96.9 cm³/mol. The van der Waals surface area contributed by atoms with Crippen LogP contribution in [0.25, 0.3) is 10.6 Å². The van der Waals surface area contributed by atoms with Gasteiger partial charge in [-0.2, -0.15) is 0 Å². The Hall–Kier alpha value is -2.61. The van der Waals surface area contributed by atoms with Gasteiger partial charge in [-0.3, -0.25) is 9.59 Å². The van der Waals surface area contributed by atoms with E-state index in [0.29, 0.717) is 10.0 Å². The van der Waals surface area contributed by atoms with E-state index in [1.807, 2.05) is 6.92 Å². The molecule has 0 bridgehead atoms. The number of nitrogens with zero attached hydrogens (tertiary/aromatic N) is 4. The highest BCUT2D eigenvalue weighted by Gasteiger charge is 2.34. The number of benzene rings is 1. The summed E-state index contributed by atoms with van der Waals surface area (Å²) in [5.41, 5.74) is -0.540. The first-order chi connectivity index (χ1) is 12.5. The normalized spacial score (nSPS) is 15.6. The fourth-order valence-corrected chi connectivity index (χ4v) is 4.00. The minimum Gasteiger partial charge on any atom is -0.304 e. The summed E-state index contributed by atoms with van der Waals surface area (Å²) < 4.78 is 15.9. The first kappa shape index (κ1) is 16.8. The lowest BCUT2D eigenvalue weighted by atomic mass is 9.78. The lowest BCUT2D eigenvalue weighted by molar-refractivity contribution is 0.161. The summed E-state index contributed by atoms with van der Waals surface area (Å²) in [4.78, 5) is 24.9. The molecule has 134 valence electrons. The molecule has 6 nitrogen and oxygen atoms in total. The third-order valence-electron chi connectivity index (χ3n) is 4.93. The Bertz CT molecular complexity index is 1060. The molecule has 0 aliphatic heterocycles. The highest BCUT2D eigenvalue weighted by molar-refractivity contribution is 7.14. The van der Waals surface area contributed by atoms with Gasteiger partial charge in [0.2, 0.25) is 0 Å². The number of hydrogen-bond acceptors (Lipinski definition) is 5. The van der Waals surface area contributed by atoms with E-state index < -0.39 is 11.1 Å². The van der Waals surface area contributed by atoms with E-state index in [4.69, 9.17) is 0 Å². The minimum absolute atomic E-state index is 0.185. The SMILES string of the molecule is CC1(n2ccn(Cc3nnc(-c4ccc(F)cc4)s3)c(=O)c2=O)CCC1. The van der Waals surface area contributed by atoms with Crippen molar-refractivity contribution >= 4 is 11.3 Å². The average molecular weight is 372 g/mol. The van der Waals surface area contributed by atoms with Gasteiger partial charge in [-0.05, 0) is 50.5 Å². The van der Waals surface area contributed by atoms with Gasteiger partial charge in [0.25, 0.3) is 0 Å². The van der Waals surface area contributed by atoms with Crippen molar-refractivity contribution in [2.24, 2.45) is 0 Å². The van der Waals surface area contributed by atoms with E-state index in [0.717, 1.165) is 24.8 Å². The van der Waals surface area contributed by atoms with Crippen molar-refractivity contribution in [2.75, 3.05) is 0 Å². The van der Waals surface area contributed by atoms with Crippen molar-refractivity contribution in [1.29, 1.82) is 0 Å². The van der Waals surface area contributed by atoms with E-state index in [2.05, 4.69) is 10.2 Å². The average Bonchev–Trinajstić information content (AvgIpc) is 3.06. The van der Waals surface area contributed by atoms with Crippen LogP contribution in [0.5, 0.6) is 0 Å². The van der Waals surface area contributed by atoms with Gasteiger partial charge in [0.05, 0.1) is 6.54 Å². The Morgan fingerprint density at radius 1 is 1.12 bits per heavy atom. The number of halogens is 1. The Kier molecular flexibility index (Phi) is 4.07. The maximum atomic E-state index is 13.0. The fraction of sp³-hybridized carbons (Fsp3) is 0.333. The molecule has 0 radical (unpaired) electrons. The number of rotatable bonds is 4. The first-order valence-corrected chi connectivity index (χ1v) is 9.19. The lowest BCUT2D eigenvalue weighted by Crippen LogP contribution is -2.50. The largest absolute Gasteiger partial charge is 0.316 e. The van der Waals surface area contributed by atoms with Crippen LogP contribution in [0, 0.1) is 5.82 Å². The van der Waals surface area contributed by atoms with Crippen molar-refractivity contribution in [3.05, 3.63) is 68.2 Å². The molecular formula is C18H17FN4O2S. The predicted octanol–water partition coefficient (Wildman–Crippen LogP) is 2.62. The number of hydrogen-bond donors (Lipinski definition) is 0. The molecule has 1 aliphatic carbocycles. The van der Waals surface area contributed by atoms with Crippen molar-refractivity contribution in [2.45, 2.75) is 38.3 Å². The molecular weight excluding hydrogens is 355 g/mol. The van der Waals surface area contributed by atoms with Gasteiger partial charge < -0.3 is 9.13 Å². The van der Waals surface area contributed by atoms with E-state index in [1.165, 1.54) is 28.0 Å². The molecule has 0 saturated heterocycles. The van der Waals surface area contributed by atoms with Crippen LogP contribution in [0.3, 0.4) is 0 Å². The molecule has 1 fully saturated rings. The molecule has 4 rings (SSSR count). The van der Waals surface area contributed by atoms with Crippen LogP contribution in [0.2, 0.25) is 0 Å². The standard InChI is InChI=1S/C18H17FN4O2S/c1-18(7-2-8-18)23-10-9-22(16(24)17(23)25)11-14-20-21-15(26-14)12-3-5-13(19)6-4-12/h3-6,9-10H,2,7-8,11H2,1H3. The number of aromatic nitrogens is 4. The highest BCUT2D eigenvalue weighted by Crippen LogP contribution is 2.37. The Balaban J connectivity index is 1.60. The Morgan fingerprint density at radius 2 is 1.85 bits per heavy atom. The molecule has 1 aliphatic rings. The zero-order valence-electron chi connectivity index (χ0n) is 14.2. The lowest BCUT2D eigenvalue weighted by Gasteiger charge is -2.39. The summed E-state index contributed by atoms with van der Waals surface area (Å²) in [7, 11) is 0. The topological polar surface area (TPSA) is 69.8 Å². The molecule has 8 heteroatoms. The zero-order valence-corrected chi connectivity index (χ0v) is 15.0. The van der Waals surface area contributed by atoms with Gasteiger partial charge in [0.1, 0.15) is 15.8 Å². The van der Waals surface area contributed by atoms with Crippen LogP contribution >= 0.6 is 11.3 Å². The van der Waals surface area contributed by atoms with Crippen LogP contribution in [0.15, 0.2) is 46.2 Å². The summed E-state index contributed by atoms with van der Waals surface area (Å²) in [5.74, 6) is -0.314. The van der Waals surface area contributed by atoms with Crippen molar-refractivity contribution in [3.63, 3.8) is 0 Å². The van der Waals surface area contributed by atoms with Gasteiger partial charge in [-0.15, -0.1) is 10.2 Å². The maximum absolute atomic E-state index is 13.0. The van der Waals surface area contributed by atoms with Gasteiger partial charge in [0, 0.05) is 23.5 Å². The van der Waals surface area contributed by atoms with Gasteiger partial charge in [-0.25, -0.2) is 4.39 Å². The quantitative estimate of drug-likeness (QED) is 0.660. The van der Waals surface area contributed by atoms with Gasteiger partial charge in [-0.1, -0.05) is 11.3 Å². The van der Waals surface area contributed by atoms with Crippen molar-refractivity contribution < 1.29 is 4.39 Å².